The zero-order valence-corrected chi connectivity index (χ0v) is 7.09. The van der Waals surface area contributed by atoms with Crippen LogP contribution in [0.4, 0.5) is 0 Å². The third-order valence-corrected chi connectivity index (χ3v) is 1.57. The Morgan fingerprint density at radius 2 is 2.27 bits per heavy atom. The Morgan fingerprint density at radius 1 is 1.82 bits per heavy atom. The van der Waals surface area contributed by atoms with Crippen molar-refractivity contribution in [3.8, 4) is 0 Å². The number of aliphatic carboxylic acids is 1. The van der Waals surface area contributed by atoms with Crippen LogP contribution < -0.4 is 10.8 Å². The molecular weight excluding hydrogens is 142 g/mol. The number of quaternary nitrogens is 1. The van der Waals surface area contributed by atoms with Gasteiger partial charge in [-0.2, -0.15) is 0 Å². The van der Waals surface area contributed by atoms with Crippen molar-refractivity contribution in [3.05, 3.63) is 12.7 Å². The van der Waals surface area contributed by atoms with Crippen LogP contribution >= 0.6 is 0 Å². The van der Waals surface area contributed by atoms with Crippen LogP contribution in [0.3, 0.4) is 0 Å². The van der Waals surface area contributed by atoms with E-state index < -0.39 is 11.5 Å². The Kier molecular flexibility index (Phi) is 3.26. The second kappa shape index (κ2) is 3.53. The number of carboxylic acid groups (broad SMARTS) is 1. The quantitative estimate of drug-likeness (QED) is 0.529. The second-order valence-corrected chi connectivity index (χ2v) is 3.25. The van der Waals surface area contributed by atoms with E-state index >= 15 is 0 Å². The molecule has 0 aromatic carbocycles. The number of hydrogen-bond donors (Lipinski definition) is 1. The first kappa shape index (κ1) is 10.2. The lowest BCUT2D eigenvalue weighted by atomic mass is 9.90. The molecule has 3 N–H and O–H groups in total. The van der Waals surface area contributed by atoms with Gasteiger partial charge in [-0.25, -0.2) is 0 Å². The topological polar surface area (TPSA) is 67.8 Å². The van der Waals surface area contributed by atoms with Crippen molar-refractivity contribution in [1.29, 1.82) is 0 Å². The fraction of sp³-hybridized carbons (Fsp3) is 0.625. The molecule has 0 saturated carbocycles. The molecule has 3 heteroatoms. The fourth-order valence-electron chi connectivity index (χ4n) is 0.979. The summed E-state index contributed by atoms with van der Waals surface area (Å²) in [6.07, 6.45) is 1.81. The summed E-state index contributed by atoms with van der Waals surface area (Å²) in [4.78, 5) is 10.5. The summed E-state index contributed by atoms with van der Waals surface area (Å²) in [7, 11) is 0. The van der Waals surface area contributed by atoms with Gasteiger partial charge >= 0.3 is 0 Å². The molecule has 3 nitrogen and oxygen atoms in total. The Bertz CT molecular complexity index is 165. The average Bonchev–Trinajstić information content (AvgIpc) is 1.86. The highest BCUT2D eigenvalue weighted by Crippen LogP contribution is 2.12. The number of carbonyl (C=O) groups excluding carboxylic acids is 1. The van der Waals surface area contributed by atoms with Crippen molar-refractivity contribution in [3.63, 3.8) is 0 Å². The highest BCUT2D eigenvalue weighted by Gasteiger charge is 2.27. The summed E-state index contributed by atoms with van der Waals surface area (Å²) < 4.78 is 0. The van der Waals surface area contributed by atoms with E-state index in [1.807, 2.05) is 13.8 Å². The van der Waals surface area contributed by atoms with Gasteiger partial charge in [0, 0.05) is 6.42 Å². The van der Waals surface area contributed by atoms with Gasteiger partial charge in [-0.1, -0.05) is 20.4 Å². The fourth-order valence-corrected chi connectivity index (χ4v) is 0.979. The summed E-state index contributed by atoms with van der Waals surface area (Å²) in [6, 6.07) is 0. The molecule has 64 valence electrons. The minimum Gasteiger partial charge on any atom is -0.543 e. The molecule has 0 amide bonds. The number of hydrogen-bond acceptors (Lipinski definition) is 2. The van der Waals surface area contributed by atoms with Crippen LogP contribution in [0.2, 0.25) is 0 Å². The van der Waals surface area contributed by atoms with E-state index in [0.717, 1.165) is 0 Å². The standard InChI is InChI=1S/C8H15NO2/c1-4-8(9,7(10)11)5-6(2)3/h4,6H,1,5,9H2,2-3H3,(H,10,11)/t8-/m0/s1. The molecule has 0 aliphatic heterocycles. The van der Waals surface area contributed by atoms with Crippen molar-refractivity contribution in [2.75, 3.05) is 0 Å². The first-order chi connectivity index (χ1) is 4.92. The third-order valence-electron chi connectivity index (χ3n) is 1.57. The predicted molar refractivity (Wildman–Crippen MR) is 40.3 cm³/mol. The first-order valence-electron chi connectivity index (χ1n) is 3.63. The SMILES string of the molecule is C=C[C@]([NH3+])(CC(C)C)C(=O)[O-]. The number of rotatable bonds is 4. The highest BCUT2D eigenvalue weighted by molar-refractivity contribution is 5.76. The molecular formula is C8H15NO2. The van der Waals surface area contributed by atoms with E-state index in [9.17, 15) is 9.90 Å². The Morgan fingerprint density at radius 3 is 2.36 bits per heavy atom. The third kappa shape index (κ3) is 2.72. The van der Waals surface area contributed by atoms with Crippen LogP contribution in [0.1, 0.15) is 20.3 Å². The van der Waals surface area contributed by atoms with E-state index in [0.29, 0.717) is 6.42 Å². The molecule has 0 unspecified atom stereocenters. The molecule has 0 bridgehead atoms. The van der Waals surface area contributed by atoms with E-state index in [-0.39, 0.29) is 5.92 Å². The Labute approximate surface area is 66.9 Å². The molecule has 0 rings (SSSR count). The molecule has 11 heavy (non-hydrogen) atoms. The molecule has 0 aliphatic rings. The van der Waals surface area contributed by atoms with Gasteiger partial charge in [-0.05, 0) is 12.0 Å². The van der Waals surface area contributed by atoms with Gasteiger partial charge in [-0.15, -0.1) is 0 Å². The van der Waals surface area contributed by atoms with Gasteiger partial charge in [0.2, 0.25) is 0 Å². The van der Waals surface area contributed by atoms with Crippen molar-refractivity contribution >= 4 is 5.97 Å². The van der Waals surface area contributed by atoms with E-state index in [1.54, 1.807) is 0 Å². The molecule has 0 radical (unpaired) electrons. The van der Waals surface area contributed by atoms with E-state index in [1.165, 1.54) is 6.08 Å². The summed E-state index contributed by atoms with van der Waals surface area (Å²) in [5, 5.41) is 10.5. The number of carbonyl (C=O) groups is 1. The minimum absolute atomic E-state index is 0.281. The summed E-state index contributed by atoms with van der Waals surface area (Å²) in [5.41, 5.74) is 2.43. The monoisotopic (exact) mass is 157 g/mol. The lowest BCUT2D eigenvalue weighted by Gasteiger charge is -2.24. The van der Waals surface area contributed by atoms with Crippen molar-refractivity contribution in [1.82, 2.24) is 0 Å². The van der Waals surface area contributed by atoms with Crippen molar-refractivity contribution in [2.24, 2.45) is 5.92 Å². The summed E-state index contributed by atoms with van der Waals surface area (Å²) >= 11 is 0. The minimum atomic E-state index is -1.15. The van der Waals surface area contributed by atoms with Crippen LogP contribution in [0.5, 0.6) is 0 Å². The number of carboxylic acids is 1. The maximum Gasteiger partial charge on any atom is 0.153 e. The van der Waals surface area contributed by atoms with Gasteiger partial charge in [0.05, 0.1) is 0 Å². The molecule has 0 spiro atoms. The zero-order valence-electron chi connectivity index (χ0n) is 7.09. The van der Waals surface area contributed by atoms with Gasteiger partial charge in [0.1, 0.15) is 5.97 Å². The molecule has 0 aromatic heterocycles. The van der Waals surface area contributed by atoms with E-state index in [4.69, 9.17) is 0 Å². The van der Waals surface area contributed by atoms with Crippen molar-refractivity contribution < 1.29 is 15.6 Å². The smallest absolute Gasteiger partial charge is 0.153 e. The van der Waals surface area contributed by atoms with Crippen LogP contribution in [0.25, 0.3) is 0 Å². The maximum absolute atomic E-state index is 10.5. The summed E-state index contributed by atoms with van der Waals surface area (Å²) in [5.74, 6) is -0.871. The van der Waals surface area contributed by atoms with Gasteiger partial charge < -0.3 is 15.6 Å². The molecule has 0 aliphatic carbocycles. The largest absolute Gasteiger partial charge is 0.543 e. The zero-order chi connectivity index (χ0) is 9.07. The second-order valence-electron chi connectivity index (χ2n) is 3.25. The van der Waals surface area contributed by atoms with Crippen LogP contribution in [-0.4, -0.2) is 11.5 Å². The predicted octanol–water partition coefficient (Wildman–Crippen LogP) is -1.05. The van der Waals surface area contributed by atoms with Crippen LogP contribution in [0, 0.1) is 5.92 Å². The molecule has 1 atom stereocenters. The lowest BCUT2D eigenvalue weighted by Crippen LogP contribution is -2.78. The maximum atomic E-state index is 10.5. The van der Waals surface area contributed by atoms with E-state index in [2.05, 4.69) is 12.3 Å². The normalized spacial score (nSPS) is 16.0. The van der Waals surface area contributed by atoms with Crippen LogP contribution in [-0.2, 0) is 4.79 Å². The highest BCUT2D eigenvalue weighted by atomic mass is 16.4. The summed E-state index contributed by atoms with van der Waals surface area (Å²) in [6.45, 7) is 7.30. The van der Waals surface area contributed by atoms with Gasteiger partial charge in [0.25, 0.3) is 0 Å². The molecule has 0 saturated heterocycles. The van der Waals surface area contributed by atoms with Crippen molar-refractivity contribution in [2.45, 2.75) is 25.8 Å². The molecule has 0 aromatic rings. The van der Waals surface area contributed by atoms with Crippen LogP contribution in [0.15, 0.2) is 12.7 Å². The lowest BCUT2D eigenvalue weighted by molar-refractivity contribution is -0.473. The first-order valence-corrected chi connectivity index (χ1v) is 3.63. The Hall–Kier alpha value is -0.830. The Balaban J connectivity index is 4.34. The van der Waals surface area contributed by atoms with Gasteiger partial charge in [0.15, 0.2) is 5.54 Å². The average molecular weight is 157 g/mol. The molecule has 0 heterocycles. The van der Waals surface area contributed by atoms with Gasteiger partial charge in [-0.3, -0.25) is 0 Å². The molecule has 0 fully saturated rings.